The van der Waals surface area contributed by atoms with E-state index >= 15 is 0 Å². The molecule has 1 aliphatic heterocycles. The van der Waals surface area contributed by atoms with Gasteiger partial charge in [-0.3, -0.25) is 0 Å². The first-order chi connectivity index (χ1) is 8.46. The van der Waals surface area contributed by atoms with E-state index in [1.54, 1.807) is 0 Å². The Hall–Kier alpha value is -0.860. The minimum absolute atomic E-state index is 0.335. The van der Waals surface area contributed by atoms with Crippen molar-refractivity contribution in [1.29, 1.82) is 0 Å². The summed E-state index contributed by atoms with van der Waals surface area (Å²) < 4.78 is 5.39. The molecule has 1 aromatic carbocycles. The minimum Gasteiger partial charge on any atom is -0.388 e. The molecule has 100 valence electrons. The van der Waals surface area contributed by atoms with Gasteiger partial charge >= 0.3 is 0 Å². The van der Waals surface area contributed by atoms with Crippen molar-refractivity contribution in [2.24, 2.45) is 5.41 Å². The van der Waals surface area contributed by atoms with Crippen LogP contribution in [-0.4, -0.2) is 5.11 Å². The predicted octanol–water partition coefficient (Wildman–Crippen LogP) is 3.97. The molecular weight excluding hydrogens is 224 g/mol. The zero-order chi connectivity index (χ0) is 13.2. The van der Waals surface area contributed by atoms with Gasteiger partial charge in [-0.1, -0.05) is 45.4 Å². The maximum atomic E-state index is 10.2. The van der Waals surface area contributed by atoms with Crippen LogP contribution in [0.2, 0.25) is 0 Å². The molecule has 18 heavy (non-hydrogen) atoms. The lowest BCUT2D eigenvalue weighted by Gasteiger charge is -2.19. The van der Waals surface area contributed by atoms with Crippen molar-refractivity contribution in [3.05, 3.63) is 34.9 Å². The maximum Gasteiger partial charge on any atom is 0.0790 e. The molecule has 0 saturated carbocycles. The predicted molar refractivity (Wildman–Crippen MR) is 73.2 cm³/mol. The van der Waals surface area contributed by atoms with Crippen LogP contribution >= 0.6 is 0 Å². The second-order valence-electron chi connectivity index (χ2n) is 6.49. The average Bonchev–Trinajstić information content (AvgIpc) is 2.73. The van der Waals surface area contributed by atoms with Gasteiger partial charge in [0, 0.05) is 0 Å². The zero-order valence-electron chi connectivity index (χ0n) is 11.7. The number of aliphatic hydroxyl groups is 1. The van der Waals surface area contributed by atoms with Gasteiger partial charge in [-0.15, -0.1) is 0 Å². The summed E-state index contributed by atoms with van der Waals surface area (Å²) >= 11 is 0. The van der Waals surface area contributed by atoms with Gasteiger partial charge in [0.15, 0.2) is 0 Å². The SMILES string of the molecule is CC(C)(C)CCCC(O)c1ccc2c(c1)COC2. The van der Waals surface area contributed by atoms with E-state index in [4.69, 9.17) is 4.74 Å². The van der Waals surface area contributed by atoms with Gasteiger partial charge in [0.1, 0.15) is 0 Å². The monoisotopic (exact) mass is 248 g/mol. The number of benzene rings is 1. The first kappa shape index (κ1) is 13.6. The van der Waals surface area contributed by atoms with E-state index < -0.39 is 0 Å². The molecule has 0 radical (unpaired) electrons. The third kappa shape index (κ3) is 3.56. The number of fused-ring (bicyclic) bond motifs is 1. The summed E-state index contributed by atoms with van der Waals surface area (Å²) in [6, 6.07) is 6.23. The molecule has 1 unspecified atom stereocenters. The van der Waals surface area contributed by atoms with Gasteiger partial charge in [0.2, 0.25) is 0 Å². The molecule has 0 aliphatic carbocycles. The van der Waals surface area contributed by atoms with E-state index in [1.165, 1.54) is 11.1 Å². The summed E-state index contributed by atoms with van der Waals surface area (Å²) in [5.74, 6) is 0. The lowest BCUT2D eigenvalue weighted by molar-refractivity contribution is 0.134. The normalized spacial score (nSPS) is 16.7. The van der Waals surface area contributed by atoms with Gasteiger partial charge in [-0.05, 0) is 34.9 Å². The molecule has 0 aromatic heterocycles. The number of hydrogen-bond donors (Lipinski definition) is 1. The van der Waals surface area contributed by atoms with Gasteiger partial charge < -0.3 is 9.84 Å². The van der Waals surface area contributed by atoms with Crippen molar-refractivity contribution < 1.29 is 9.84 Å². The molecule has 1 aliphatic rings. The van der Waals surface area contributed by atoms with E-state index in [1.807, 2.05) is 6.07 Å². The summed E-state index contributed by atoms with van der Waals surface area (Å²) in [6.45, 7) is 8.14. The van der Waals surface area contributed by atoms with Crippen LogP contribution in [0.15, 0.2) is 18.2 Å². The largest absolute Gasteiger partial charge is 0.388 e. The average molecular weight is 248 g/mol. The van der Waals surface area contributed by atoms with E-state index in [-0.39, 0.29) is 6.10 Å². The van der Waals surface area contributed by atoms with E-state index in [9.17, 15) is 5.11 Å². The molecule has 1 heterocycles. The standard InChI is InChI=1S/C16H24O2/c1-16(2,3)8-4-5-15(17)12-6-7-13-10-18-11-14(13)9-12/h6-7,9,15,17H,4-5,8,10-11H2,1-3H3. The Morgan fingerprint density at radius 2 is 1.94 bits per heavy atom. The highest BCUT2D eigenvalue weighted by Gasteiger charge is 2.16. The fourth-order valence-corrected chi connectivity index (χ4v) is 2.39. The van der Waals surface area contributed by atoms with Crippen molar-refractivity contribution >= 4 is 0 Å². The molecule has 1 atom stereocenters. The zero-order valence-corrected chi connectivity index (χ0v) is 11.7. The molecule has 1 N–H and O–H groups in total. The number of rotatable bonds is 4. The van der Waals surface area contributed by atoms with Crippen LogP contribution in [0.3, 0.4) is 0 Å². The first-order valence-corrected chi connectivity index (χ1v) is 6.83. The van der Waals surface area contributed by atoms with Crippen molar-refractivity contribution in [3.8, 4) is 0 Å². The molecule has 0 bridgehead atoms. The molecule has 2 nitrogen and oxygen atoms in total. The van der Waals surface area contributed by atoms with Crippen LogP contribution in [-0.2, 0) is 18.0 Å². The van der Waals surface area contributed by atoms with Crippen LogP contribution in [0.5, 0.6) is 0 Å². The Kier molecular flexibility index (Phi) is 4.08. The number of hydrogen-bond acceptors (Lipinski definition) is 2. The lowest BCUT2D eigenvalue weighted by Crippen LogP contribution is -2.06. The van der Waals surface area contributed by atoms with E-state index in [2.05, 4.69) is 32.9 Å². The highest BCUT2D eigenvalue weighted by atomic mass is 16.5. The van der Waals surface area contributed by atoms with Crippen LogP contribution in [0.25, 0.3) is 0 Å². The summed E-state index contributed by atoms with van der Waals surface area (Å²) in [5.41, 5.74) is 3.89. The smallest absolute Gasteiger partial charge is 0.0790 e. The Morgan fingerprint density at radius 3 is 2.67 bits per heavy atom. The van der Waals surface area contributed by atoms with E-state index in [0.29, 0.717) is 12.0 Å². The first-order valence-electron chi connectivity index (χ1n) is 6.83. The fourth-order valence-electron chi connectivity index (χ4n) is 2.39. The quantitative estimate of drug-likeness (QED) is 0.873. The second kappa shape index (κ2) is 5.41. The lowest BCUT2D eigenvalue weighted by atomic mass is 9.88. The molecule has 1 aromatic rings. The third-order valence-corrected chi connectivity index (χ3v) is 3.53. The van der Waals surface area contributed by atoms with Crippen LogP contribution in [0, 0.1) is 5.41 Å². The van der Waals surface area contributed by atoms with Crippen LogP contribution < -0.4 is 0 Å². The fraction of sp³-hybridized carbons (Fsp3) is 0.625. The van der Waals surface area contributed by atoms with Crippen LogP contribution in [0.4, 0.5) is 0 Å². The molecule has 0 spiro atoms. The van der Waals surface area contributed by atoms with Gasteiger partial charge in [0.25, 0.3) is 0 Å². The second-order valence-corrected chi connectivity index (χ2v) is 6.49. The molecule has 0 saturated heterocycles. The summed E-state index contributed by atoms with van der Waals surface area (Å²) in [5, 5.41) is 10.2. The number of ether oxygens (including phenoxy) is 1. The Balaban J connectivity index is 1.91. The van der Waals surface area contributed by atoms with Crippen molar-refractivity contribution in [3.63, 3.8) is 0 Å². The van der Waals surface area contributed by atoms with E-state index in [0.717, 1.165) is 31.4 Å². The summed E-state index contributed by atoms with van der Waals surface area (Å²) in [7, 11) is 0. The highest BCUT2D eigenvalue weighted by Crippen LogP contribution is 2.28. The summed E-state index contributed by atoms with van der Waals surface area (Å²) in [4.78, 5) is 0. The minimum atomic E-state index is -0.335. The molecule has 0 fully saturated rings. The molecular formula is C16H24O2. The van der Waals surface area contributed by atoms with Crippen molar-refractivity contribution in [2.45, 2.75) is 59.4 Å². The van der Waals surface area contributed by atoms with Gasteiger partial charge in [-0.25, -0.2) is 0 Å². The topological polar surface area (TPSA) is 29.5 Å². The van der Waals surface area contributed by atoms with Gasteiger partial charge in [-0.2, -0.15) is 0 Å². The van der Waals surface area contributed by atoms with Crippen molar-refractivity contribution in [2.75, 3.05) is 0 Å². The summed E-state index contributed by atoms with van der Waals surface area (Å²) in [6.07, 6.45) is 2.73. The Labute approximate surface area is 110 Å². The van der Waals surface area contributed by atoms with Crippen LogP contribution in [0.1, 0.15) is 62.8 Å². The molecule has 0 amide bonds. The third-order valence-electron chi connectivity index (χ3n) is 3.53. The molecule has 2 rings (SSSR count). The maximum absolute atomic E-state index is 10.2. The van der Waals surface area contributed by atoms with Crippen molar-refractivity contribution in [1.82, 2.24) is 0 Å². The Morgan fingerprint density at radius 1 is 1.22 bits per heavy atom. The Bertz CT molecular complexity index is 404. The van der Waals surface area contributed by atoms with Gasteiger partial charge in [0.05, 0.1) is 19.3 Å². The highest BCUT2D eigenvalue weighted by molar-refractivity contribution is 5.34. The molecule has 2 heteroatoms. The number of aliphatic hydroxyl groups excluding tert-OH is 1.